The molecule has 0 atom stereocenters. The number of benzene rings is 1. The molecular weight excluding hydrogens is 592 g/mol. The largest absolute Gasteiger partial charge is 0.422 e. The van der Waals surface area contributed by atoms with Gasteiger partial charge >= 0.3 is 5.63 Å². The lowest BCUT2D eigenvalue weighted by Crippen LogP contribution is -2.44. The standard InChI is InChI=1S/C35H47F2N3O4Si/c1-8-24(36)19-31(23(3)4)40(33(41)9-2)27-13-11-26(12-14-27)38-21-28-20-30-34(39(28)22-43-16-17-45(5,6)7)29-18-25(37)10-15-32(29)44-35(30)42/h8,10,15,18-20,26-27,38H,1,9,11-14,16-17,21-22H2,2-7H3/b24-19+/t26-,27-. The molecule has 1 N–H and O–H groups in total. The number of carbonyl (C=O) groups is 1. The van der Waals surface area contributed by atoms with Crippen LogP contribution in [0.15, 0.2) is 69.3 Å². The van der Waals surface area contributed by atoms with Crippen LogP contribution >= 0.6 is 0 Å². The molecule has 2 heterocycles. The minimum atomic E-state index is -1.31. The van der Waals surface area contributed by atoms with E-state index in [4.69, 9.17) is 9.15 Å². The molecule has 1 aliphatic rings. The lowest BCUT2D eigenvalue weighted by Gasteiger charge is -2.38. The van der Waals surface area contributed by atoms with Crippen molar-refractivity contribution in [2.45, 2.75) is 104 Å². The summed E-state index contributed by atoms with van der Waals surface area (Å²) >= 11 is 0. The third-order valence-corrected chi connectivity index (χ3v) is 10.2. The molecular formula is C35H47F2N3O4Si. The monoisotopic (exact) mass is 639 g/mol. The molecule has 1 saturated carbocycles. The van der Waals surface area contributed by atoms with Crippen LogP contribution in [0.3, 0.4) is 0 Å². The van der Waals surface area contributed by atoms with E-state index in [0.717, 1.165) is 49.1 Å². The highest BCUT2D eigenvalue weighted by Crippen LogP contribution is 2.31. The van der Waals surface area contributed by atoms with Gasteiger partial charge in [-0.05, 0) is 82.0 Å². The fourth-order valence-corrected chi connectivity index (χ4v) is 6.70. The summed E-state index contributed by atoms with van der Waals surface area (Å²) < 4.78 is 42.2. The van der Waals surface area contributed by atoms with Crippen LogP contribution in [0, 0.1) is 5.82 Å². The average Bonchev–Trinajstić information content (AvgIpc) is 3.37. The average molecular weight is 640 g/mol. The molecule has 1 aliphatic carbocycles. The van der Waals surface area contributed by atoms with Crippen molar-refractivity contribution < 1.29 is 22.7 Å². The van der Waals surface area contributed by atoms with E-state index < -0.39 is 25.3 Å². The molecule has 3 aromatic rings. The van der Waals surface area contributed by atoms with E-state index in [1.165, 1.54) is 24.3 Å². The van der Waals surface area contributed by atoms with Crippen LogP contribution in [-0.4, -0.2) is 42.1 Å². The van der Waals surface area contributed by atoms with Gasteiger partial charge in [0.2, 0.25) is 5.91 Å². The lowest BCUT2D eigenvalue weighted by molar-refractivity contribution is -0.131. The van der Waals surface area contributed by atoms with Gasteiger partial charge in [-0.15, -0.1) is 0 Å². The summed E-state index contributed by atoms with van der Waals surface area (Å²) in [5.74, 6) is -0.909. The van der Waals surface area contributed by atoms with Gasteiger partial charge in [-0.25, -0.2) is 13.6 Å². The molecule has 1 aromatic carbocycles. The number of aromatic nitrogens is 1. The number of halogens is 2. The first-order chi connectivity index (χ1) is 21.3. The molecule has 45 heavy (non-hydrogen) atoms. The Labute approximate surface area is 265 Å². The van der Waals surface area contributed by atoms with Gasteiger partial charge in [0.25, 0.3) is 0 Å². The van der Waals surface area contributed by atoms with Gasteiger partial charge in [0.05, 0.1) is 10.9 Å². The third-order valence-electron chi connectivity index (χ3n) is 8.47. The number of hydrogen-bond acceptors (Lipinski definition) is 5. The Kier molecular flexibility index (Phi) is 11.4. The minimum absolute atomic E-state index is 0.0307. The van der Waals surface area contributed by atoms with E-state index >= 15 is 0 Å². The topological polar surface area (TPSA) is 76.7 Å². The molecule has 1 fully saturated rings. The number of fused-ring (bicyclic) bond motifs is 3. The van der Waals surface area contributed by atoms with E-state index in [9.17, 15) is 18.4 Å². The summed E-state index contributed by atoms with van der Waals surface area (Å²) in [6, 6.07) is 7.14. The second kappa shape index (κ2) is 14.8. The van der Waals surface area contributed by atoms with Crippen LogP contribution in [0.4, 0.5) is 8.78 Å². The fraction of sp³-hybridized carbons (Fsp3) is 0.486. The highest BCUT2D eigenvalue weighted by atomic mass is 28.3. The molecule has 1 amide bonds. The molecule has 0 aliphatic heterocycles. The van der Waals surface area contributed by atoms with E-state index in [1.54, 1.807) is 4.90 Å². The molecule has 0 unspecified atom stereocenters. The molecule has 4 rings (SSSR count). The van der Waals surface area contributed by atoms with Crippen molar-refractivity contribution in [1.82, 2.24) is 14.8 Å². The van der Waals surface area contributed by atoms with Crippen molar-refractivity contribution in [1.29, 1.82) is 0 Å². The number of nitrogens with one attached hydrogen (secondary N) is 1. The van der Waals surface area contributed by atoms with Crippen LogP contribution in [-0.2, 0) is 22.8 Å². The van der Waals surface area contributed by atoms with Crippen LogP contribution in [0.5, 0.6) is 0 Å². The molecule has 0 spiro atoms. The maximum atomic E-state index is 14.3. The van der Waals surface area contributed by atoms with Gasteiger partial charge in [0.1, 0.15) is 24.0 Å². The Hall–Kier alpha value is -3.34. The third kappa shape index (κ3) is 8.48. The maximum absolute atomic E-state index is 14.3. The second-order valence-electron chi connectivity index (χ2n) is 13.3. The van der Waals surface area contributed by atoms with E-state index in [-0.39, 0.29) is 24.7 Å². The zero-order chi connectivity index (χ0) is 32.9. The first-order valence-corrected chi connectivity index (χ1v) is 19.6. The Morgan fingerprint density at radius 2 is 1.89 bits per heavy atom. The van der Waals surface area contributed by atoms with Crippen molar-refractivity contribution in [3.63, 3.8) is 0 Å². The molecule has 2 aromatic heterocycles. The maximum Gasteiger partial charge on any atom is 0.345 e. The summed E-state index contributed by atoms with van der Waals surface area (Å²) in [5, 5.41) is 4.58. The first-order valence-electron chi connectivity index (χ1n) is 15.9. The number of amides is 1. The summed E-state index contributed by atoms with van der Waals surface area (Å²) in [6.07, 6.45) is 6.06. The zero-order valence-electron chi connectivity index (χ0n) is 27.5. The molecule has 0 radical (unpaired) electrons. The number of allylic oxidation sites excluding steroid dienone is 4. The number of hydrogen-bond donors (Lipinski definition) is 1. The van der Waals surface area contributed by atoms with Gasteiger partial charge < -0.3 is 23.9 Å². The molecule has 0 bridgehead atoms. The first kappa shape index (κ1) is 34.5. The minimum Gasteiger partial charge on any atom is -0.422 e. The Morgan fingerprint density at radius 3 is 2.51 bits per heavy atom. The second-order valence-corrected chi connectivity index (χ2v) is 18.9. The van der Waals surface area contributed by atoms with E-state index in [1.807, 2.05) is 31.4 Å². The van der Waals surface area contributed by atoms with Gasteiger partial charge in [-0.3, -0.25) is 4.79 Å². The highest BCUT2D eigenvalue weighted by molar-refractivity contribution is 6.76. The SMILES string of the molecule is C=C/C(F)=C\C(=C(C)C)N(C(=O)CC)[C@H]1CC[C@H](NCc2cc3c(=O)oc4ccc(F)cc4c3n2COCC[Si](C)(C)C)CC1. The lowest BCUT2D eigenvalue weighted by atomic mass is 9.89. The highest BCUT2D eigenvalue weighted by Gasteiger charge is 2.31. The number of rotatable bonds is 13. The molecule has 7 nitrogen and oxygen atoms in total. The quantitative estimate of drug-likeness (QED) is 0.0884. The normalized spacial score (nSPS) is 17.6. The summed E-state index contributed by atoms with van der Waals surface area (Å²) in [7, 11) is -1.31. The Morgan fingerprint density at radius 1 is 1.18 bits per heavy atom. The predicted octanol–water partition coefficient (Wildman–Crippen LogP) is 8.17. The van der Waals surface area contributed by atoms with E-state index in [0.29, 0.717) is 47.1 Å². The van der Waals surface area contributed by atoms with Crippen LogP contribution in [0.1, 0.15) is 58.6 Å². The predicted molar refractivity (Wildman–Crippen MR) is 180 cm³/mol. The summed E-state index contributed by atoms with van der Waals surface area (Å²) in [5.41, 5.74) is 2.78. The van der Waals surface area contributed by atoms with Gasteiger partial charge in [0.15, 0.2) is 0 Å². The van der Waals surface area contributed by atoms with Gasteiger partial charge in [-0.2, -0.15) is 0 Å². The molecule has 244 valence electrons. The Bertz CT molecular complexity index is 1660. The number of carbonyl (C=O) groups excluding carboxylic acids is 1. The Balaban J connectivity index is 1.55. The van der Waals surface area contributed by atoms with Crippen molar-refractivity contribution in [3.05, 3.63) is 82.0 Å². The summed E-state index contributed by atoms with van der Waals surface area (Å²) in [6.45, 7) is 17.3. The zero-order valence-corrected chi connectivity index (χ0v) is 28.5. The van der Waals surface area contributed by atoms with Crippen molar-refractivity contribution in [2.75, 3.05) is 6.61 Å². The number of nitrogens with zero attached hydrogens (tertiary/aromatic N) is 2. The van der Waals surface area contributed by atoms with Gasteiger partial charge in [0, 0.05) is 56.5 Å². The summed E-state index contributed by atoms with van der Waals surface area (Å²) in [4.78, 5) is 27.8. The van der Waals surface area contributed by atoms with E-state index in [2.05, 4.69) is 31.5 Å². The van der Waals surface area contributed by atoms with Gasteiger partial charge in [-0.1, -0.05) is 38.7 Å². The fourth-order valence-electron chi connectivity index (χ4n) is 5.94. The smallest absolute Gasteiger partial charge is 0.345 e. The number of ether oxygens (including phenoxy) is 1. The molecule has 0 saturated heterocycles. The molecule has 10 heteroatoms. The van der Waals surface area contributed by atoms with Crippen molar-refractivity contribution >= 4 is 35.9 Å². The van der Waals surface area contributed by atoms with Crippen LogP contribution in [0.25, 0.3) is 21.9 Å². The van der Waals surface area contributed by atoms with Crippen molar-refractivity contribution in [3.8, 4) is 0 Å². The van der Waals surface area contributed by atoms with Crippen LogP contribution < -0.4 is 10.9 Å². The van der Waals surface area contributed by atoms with Crippen LogP contribution in [0.2, 0.25) is 25.7 Å². The van der Waals surface area contributed by atoms with Crippen molar-refractivity contribution in [2.24, 2.45) is 0 Å².